The van der Waals surface area contributed by atoms with E-state index in [2.05, 4.69) is 4.90 Å². The Morgan fingerprint density at radius 2 is 2.00 bits per heavy atom. The summed E-state index contributed by atoms with van der Waals surface area (Å²) in [6.07, 6.45) is 5.72. The minimum absolute atomic E-state index is 0.117. The summed E-state index contributed by atoms with van der Waals surface area (Å²) >= 11 is 0. The molecule has 0 aromatic carbocycles. The lowest BCUT2D eigenvalue weighted by Gasteiger charge is -2.26. The highest BCUT2D eigenvalue weighted by atomic mass is 32.2. The van der Waals surface area contributed by atoms with Crippen LogP contribution >= 0.6 is 0 Å². The number of hydrogen-bond donors (Lipinski definition) is 0. The van der Waals surface area contributed by atoms with Gasteiger partial charge < -0.3 is 4.90 Å². The van der Waals surface area contributed by atoms with Gasteiger partial charge in [0.25, 0.3) is 0 Å². The smallest absolute Gasteiger partial charge is 0.151 e. The number of rotatable bonds is 3. The molecule has 104 valence electrons. The molecule has 5 heteroatoms. The van der Waals surface area contributed by atoms with E-state index in [1.807, 2.05) is 7.05 Å². The lowest BCUT2D eigenvalue weighted by molar-refractivity contribution is -0.123. The van der Waals surface area contributed by atoms with Crippen LogP contribution in [-0.2, 0) is 14.6 Å². The van der Waals surface area contributed by atoms with Crippen LogP contribution in [0, 0.1) is 5.92 Å². The molecule has 0 N–H and O–H groups in total. The van der Waals surface area contributed by atoms with Gasteiger partial charge in [-0.15, -0.1) is 0 Å². The molecular weight excluding hydrogens is 250 g/mol. The van der Waals surface area contributed by atoms with Crippen LogP contribution in [0.3, 0.4) is 0 Å². The van der Waals surface area contributed by atoms with E-state index in [9.17, 15) is 13.2 Å². The maximum atomic E-state index is 11.9. The van der Waals surface area contributed by atoms with Crippen LogP contribution in [-0.4, -0.2) is 50.2 Å². The Balaban J connectivity index is 1.90. The van der Waals surface area contributed by atoms with Crippen molar-refractivity contribution in [2.24, 2.45) is 5.92 Å². The van der Waals surface area contributed by atoms with Crippen LogP contribution in [0.15, 0.2) is 0 Å². The van der Waals surface area contributed by atoms with Crippen molar-refractivity contribution in [3.05, 3.63) is 0 Å². The molecule has 2 rings (SSSR count). The Morgan fingerprint density at radius 3 is 2.67 bits per heavy atom. The molecule has 2 fully saturated rings. The van der Waals surface area contributed by atoms with E-state index in [1.165, 1.54) is 0 Å². The third-order valence-corrected chi connectivity index (χ3v) is 6.02. The van der Waals surface area contributed by atoms with E-state index < -0.39 is 9.84 Å². The van der Waals surface area contributed by atoms with Gasteiger partial charge in [0.15, 0.2) is 9.84 Å². The fourth-order valence-electron chi connectivity index (χ4n) is 3.04. The van der Waals surface area contributed by atoms with Crippen LogP contribution in [0.5, 0.6) is 0 Å². The predicted molar refractivity (Wildman–Crippen MR) is 71.3 cm³/mol. The van der Waals surface area contributed by atoms with Gasteiger partial charge in [0.05, 0.1) is 11.5 Å². The van der Waals surface area contributed by atoms with Crippen LogP contribution < -0.4 is 0 Å². The topological polar surface area (TPSA) is 54.5 Å². The number of hydrogen-bond acceptors (Lipinski definition) is 4. The van der Waals surface area contributed by atoms with Gasteiger partial charge in [-0.25, -0.2) is 8.42 Å². The first-order valence-electron chi connectivity index (χ1n) is 6.91. The molecule has 0 bridgehead atoms. The van der Waals surface area contributed by atoms with E-state index in [0.717, 1.165) is 38.6 Å². The van der Waals surface area contributed by atoms with Crippen molar-refractivity contribution >= 4 is 15.6 Å². The maximum Gasteiger partial charge on any atom is 0.151 e. The SMILES string of the molecule is CN(CC1CCCCCC1=O)C1CCS(=O)(=O)C1. The lowest BCUT2D eigenvalue weighted by Crippen LogP contribution is -2.38. The van der Waals surface area contributed by atoms with Crippen molar-refractivity contribution in [2.45, 2.75) is 44.6 Å². The fourth-order valence-corrected chi connectivity index (χ4v) is 4.85. The Bertz CT molecular complexity index is 404. The summed E-state index contributed by atoms with van der Waals surface area (Å²) in [5.41, 5.74) is 0. The first-order chi connectivity index (χ1) is 8.48. The molecule has 1 aliphatic heterocycles. The van der Waals surface area contributed by atoms with Crippen molar-refractivity contribution in [3.8, 4) is 0 Å². The number of Topliss-reactive ketones (excluding diaryl/α,β-unsaturated/α-hetero) is 1. The molecule has 4 nitrogen and oxygen atoms in total. The van der Waals surface area contributed by atoms with E-state index in [4.69, 9.17) is 0 Å². The summed E-state index contributed by atoms with van der Waals surface area (Å²) in [7, 11) is -0.867. The number of ketones is 1. The Labute approximate surface area is 110 Å². The highest BCUT2D eigenvalue weighted by molar-refractivity contribution is 7.91. The second-order valence-corrected chi connectivity index (χ2v) is 7.99. The molecule has 18 heavy (non-hydrogen) atoms. The van der Waals surface area contributed by atoms with Crippen molar-refractivity contribution < 1.29 is 13.2 Å². The zero-order valence-electron chi connectivity index (χ0n) is 11.1. The second-order valence-electron chi connectivity index (χ2n) is 5.76. The molecule has 0 aromatic rings. The average Bonchev–Trinajstić information content (AvgIpc) is 2.55. The van der Waals surface area contributed by atoms with E-state index >= 15 is 0 Å². The molecule has 1 saturated carbocycles. The monoisotopic (exact) mass is 273 g/mol. The van der Waals surface area contributed by atoms with Gasteiger partial charge in [0, 0.05) is 24.9 Å². The highest BCUT2D eigenvalue weighted by Crippen LogP contribution is 2.23. The molecule has 0 spiro atoms. The summed E-state index contributed by atoms with van der Waals surface area (Å²) in [6, 6.07) is 0.117. The minimum Gasteiger partial charge on any atom is -0.302 e. The van der Waals surface area contributed by atoms with Crippen LogP contribution in [0.2, 0.25) is 0 Å². The summed E-state index contributed by atoms with van der Waals surface area (Å²) in [5, 5.41) is 0. The second kappa shape index (κ2) is 5.70. The molecule has 1 aliphatic carbocycles. The third-order valence-electron chi connectivity index (χ3n) is 4.27. The molecule has 2 unspecified atom stereocenters. The molecule has 1 saturated heterocycles. The summed E-state index contributed by atoms with van der Waals surface area (Å²) in [5.74, 6) is 1.08. The van der Waals surface area contributed by atoms with E-state index in [0.29, 0.717) is 18.0 Å². The average molecular weight is 273 g/mol. The van der Waals surface area contributed by atoms with Gasteiger partial charge in [0.2, 0.25) is 0 Å². The van der Waals surface area contributed by atoms with Gasteiger partial charge in [-0.2, -0.15) is 0 Å². The van der Waals surface area contributed by atoms with Crippen LogP contribution in [0.4, 0.5) is 0 Å². The highest BCUT2D eigenvalue weighted by Gasteiger charge is 2.32. The zero-order chi connectivity index (χ0) is 13.2. The molecule has 0 aromatic heterocycles. The number of carbonyl (C=O) groups excluding carboxylic acids is 1. The van der Waals surface area contributed by atoms with Crippen molar-refractivity contribution in [1.82, 2.24) is 4.90 Å². The van der Waals surface area contributed by atoms with Crippen LogP contribution in [0.1, 0.15) is 38.5 Å². The summed E-state index contributed by atoms with van der Waals surface area (Å²) < 4.78 is 22.9. The number of sulfone groups is 1. The fraction of sp³-hybridized carbons (Fsp3) is 0.923. The Morgan fingerprint density at radius 1 is 1.22 bits per heavy atom. The minimum atomic E-state index is -2.83. The predicted octanol–water partition coefficient (Wildman–Crippen LogP) is 1.25. The standard InChI is InChI=1S/C13H23NO3S/c1-14(12-7-8-18(16,17)10-12)9-11-5-3-2-4-6-13(11)15/h11-12H,2-10H2,1H3. The Hall–Kier alpha value is -0.420. The van der Waals surface area contributed by atoms with Crippen molar-refractivity contribution in [3.63, 3.8) is 0 Å². The molecular formula is C13H23NO3S. The quantitative estimate of drug-likeness (QED) is 0.726. The van der Waals surface area contributed by atoms with Gasteiger partial charge in [-0.3, -0.25) is 4.79 Å². The summed E-state index contributed by atoms with van der Waals surface area (Å²) in [4.78, 5) is 14.0. The molecule has 0 radical (unpaired) electrons. The van der Waals surface area contributed by atoms with E-state index in [-0.39, 0.29) is 17.7 Å². The molecule has 2 aliphatic rings. The molecule has 2 atom stereocenters. The van der Waals surface area contributed by atoms with Gasteiger partial charge in [-0.05, 0) is 26.3 Å². The number of carbonyl (C=O) groups is 1. The Kier molecular flexibility index (Phi) is 4.43. The maximum absolute atomic E-state index is 11.9. The van der Waals surface area contributed by atoms with Gasteiger partial charge >= 0.3 is 0 Å². The van der Waals surface area contributed by atoms with Crippen molar-refractivity contribution in [2.75, 3.05) is 25.1 Å². The lowest BCUT2D eigenvalue weighted by atomic mass is 9.98. The third kappa shape index (κ3) is 3.54. The molecule has 1 heterocycles. The van der Waals surface area contributed by atoms with Crippen molar-refractivity contribution in [1.29, 1.82) is 0 Å². The van der Waals surface area contributed by atoms with Gasteiger partial charge in [0.1, 0.15) is 5.78 Å². The zero-order valence-corrected chi connectivity index (χ0v) is 11.9. The van der Waals surface area contributed by atoms with Crippen LogP contribution in [0.25, 0.3) is 0 Å². The first-order valence-corrected chi connectivity index (χ1v) is 8.73. The normalized spacial score (nSPS) is 32.7. The van der Waals surface area contributed by atoms with Gasteiger partial charge in [-0.1, -0.05) is 12.8 Å². The van der Waals surface area contributed by atoms with E-state index in [1.54, 1.807) is 0 Å². The largest absolute Gasteiger partial charge is 0.302 e. The number of nitrogens with zero attached hydrogens (tertiary/aromatic N) is 1. The molecule has 0 amide bonds. The summed E-state index contributed by atoms with van der Waals surface area (Å²) in [6.45, 7) is 0.735. The first kappa shape index (κ1) is 14.0.